The first kappa shape index (κ1) is 40.5. The maximum absolute atomic E-state index is 13.7. The number of rotatable bonds is 9. The third-order valence-electron chi connectivity index (χ3n) is 10.8. The van der Waals surface area contributed by atoms with Gasteiger partial charge in [0.05, 0.1) is 0 Å². The molecule has 0 unspecified atom stereocenters. The maximum atomic E-state index is 13.7. The number of terminal acetylenes is 1. The molecule has 0 fully saturated rings. The summed E-state index contributed by atoms with van der Waals surface area (Å²) in [5, 5.41) is 0. The van der Waals surface area contributed by atoms with Gasteiger partial charge in [-0.3, -0.25) is 0 Å². The van der Waals surface area contributed by atoms with E-state index in [0.717, 1.165) is 43.7 Å². The number of para-hydroxylation sites is 2. The Morgan fingerprint density at radius 2 is 1.02 bits per heavy atom. The monoisotopic (exact) mass is 776 g/mol. The van der Waals surface area contributed by atoms with Crippen LogP contribution in [-0.2, 0) is 5.92 Å². The van der Waals surface area contributed by atoms with Gasteiger partial charge in [-0.05, 0) is 153 Å². The molecular formula is C55H50F2N2. The molecule has 6 aromatic carbocycles. The maximum Gasteiger partial charge on any atom is 0.271 e. The van der Waals surface area contributed by atoms with Crippen LogP contribution >= 0.6 is 0 Å². The van der Waals surface area contributed by atoms with Crippen molar-refractivity contribution in [3.05, 3.63) is 215 Å². The second kappa shape index (κ2) is 18.3. The highest BCUT2D eigenvalue weighted by atomic mass is 19.3. The lowest BCUT2D eigenvalue weighted by atomic mass is 9.94. The van der Waals surface area contributed by atoms with E-state index in [4.69, 9.17) is 6.42 Å². The Bertz CT molecular complexity index is 2440. The predicted octanol–water partition coefficient (Wildman–Crippen LogP) is 15.5. The molecule has 0 saturated carbocycles. The smallest absolute Gasteiger partial charge is 0.271 e. The highest BCUT2D eigenvalue weighted by Crippen LogP contribution is 2.40. The van der Waals surface area contributed by atoms with Crippen molar-refractivity contribution in [2.75, 3.05) is 9.80 Å². The Kier molecular flexibility index (Phi) is 12.5. The second-order valence-corrected chi connectivity index (χ2v) is 15.2. The number of anilines is 4. The molecule has 0 heterocycles. The number of benzene rings is 6. The van der Waals surface area contributed by atoms with Crippen LogP contribution < -0.4 is 9.80 Å². The molecule has 0 aliphatic heterocycles. The van der Waals surface area contributed by atoms with E-state index in [-0.39, 0.29) is 5.56 Å². The van der Waals surface area contributed by atoms with E-state index in [1.165, 1.54) is 62.5 Å². The van der Waals surface area contributed by atoms with Crippen molar-refractivity contribution in [1.29, 1.82) is 0 Å². The normalized spacial score (nSPS) is 13.4. The van der Waals surface area contributed by atoms with Gasteiger partial charge in [0, 0.05) is 52.2 Å². The largest absolute Gasteiger partial charge is 0.311 e. The highest BCUT2D eigenvalue weighted by Gasteiger charge is 2.28. The van der Waals surface area contributed by atoms with Gasteiger partial charge in [-0.2, -0.15) is 0 Å². The van der Waals surface area contributed by atoms with E-state index in [1.54, 1.807) is 12.1 Å². The van der Waals surface area contributed by atoms with Crippen LogP contribution in [0.2, 0.25) is 0 Å². The van der Waals surface area contributed by atoms with Gasteiger partial charge < -0.3 is 9.80 Å². The molecule has 0 atom stereocenters. The molecule has 0 amide bonds. The number of alkyl halides is 2. The summed E-state index contributed by atoms with van der Waals surface area (Å²) in [7, 11) is 0. The van der Waals surface area contributed by atoms with Crippen LogP contribution in [0.4, 0.5) is 31.5 Å². The number of nitrogens with zero attached hydrogens (tertiary/aromatic N) is 2. The van der Waals surface area contributed by atoms with Crippen LogP contribution in [0.5, 0.6) is 0 Å². The number of aryl methyl sites for hydroxylation is 3. The van der Waals surface area contributed by atoms with Gasteiger partial charge in [-0.15, -0.1) is 6.42 Å². The molecule has 8 rings (SSSR count). The molecule has 2 aliphatic carbocycles. The highest BCUT2D eigenvalue weighted by molar-refractivity contribution is 5.82. The molecule has 294 valence electrons. The molecule has 4 heteroatoms. The molecule has 0 N–H and O–H groups in total. The van der Waals surface area contributed by atoms with Crippen molar-refractivity contribution in [3.63, 3.8) is 0 Å². The first-order chi connectivity index (χ1) is 28.6. The van der Waals surface area contributed by atoms with Crippen molar-refractivity contribution in [1.82, 2.24) is 0 Å². The van der Waals surface area contributed by atoms with Crippen LogP contribution in [-0.4, -0.2) is 0 Å². The molecular weight excluding hydrogens is 727 g/mol. The standard InChI is InChI=1S/C38H36N2.C17H14F2/c1-29-23-25-35(39(31-15-7-3-8-16-31)32-17-9-4-10-18-32)27-37(29)38-28-36(26-24-30(38)2)40(33-19-11-5-12-20-33)34-21-13-6-14-22-34;1-4-13-7-10-15(16(11-13)17(3,18)19)14-8-5-12(2)6-9-14/h3,5,7-9,11-13,15-28H,4,6,10,14H2,1-2H3;1,5-11H,2-3H3. The quantitative estimate of drug-likeness (QED) is 0.135. The Hall–Kier alpha value is -6.70. The van der Waals surface area contributed by atoms with E-state index in [1.807, 2.05) is 31.2 Å². The molecule has 0 radical (unpaired) electrons. The summed E-state index contributed by atoms with van der Waals surface area (Å²) < 4.78 is 27.5. The summed E-state index contributed by atoms with van der Waals surface area (Å²) in [4.78, 5) is 4.76. The summed E-state index contributed by atoms with van der Waals surface area (Å²) in [6.07, 6.45) is 23.4. The molecule has 0 bridgehead atoms. The molecule has 0 aromatic heterocycles. The van der Waals surface area contributed by atoms with E-state index in [2.05, 4.69) is 163 Å². The van der Waals surface area contributed by atoms with Gasteiger partial charge in [-0.1, -0.05) is 115 Å². The lowest BCUT2D eigenvalue weighted by Crippen LogP contribution is -2.17. The van der Waals surface area contributed by atoms with E-state index >= 15 is 0 Å². The predicted molar refractivity (Wildman–Crippen MR) is 246 cm³/mol. The summed E-state index contributed by atoms with van der Waals surface area (Å²) in [6, 6.07) is 47.4. The minimum absolute atomic E-state index is 0.0354. The summed E-state index contributed by atoms with van der Waals surface area (Å²) >= 11 is 0. The van der Waals surface area contributed by atoms with Crippen molar-refractivity contribution >= 4 is 22.7 Å². The number of halogens is 2. The van der Waals surface area contributed by atoms with Gasteiger partial charge >= 0.3 is 0 Å². The molecule has 2 nitrogen and oxygen atoms in total. The Morgan fingerprint density at radius 1 is 0.525 bits per heavy atom. The van der Waals surface area contributed by atoms with Crippen LogP contribution in [0, 0.1) is 33.1 Å². The zero-order chi connectivity index (χ0) is 41.4. The Balaban J connectivity index is 0.000000233. The van der Waals surface area contributed by atoms with Gasteiger partial charge in [0.2, 0.25) is 0 Å². The van der Waals surface area contributed by atoms with Gasteiger partial charge in [0.25, 0.3) is 5.92 Å². The zero-order valence-electron chi connectivity index (χ0n) is 34.3. The SMILES string of the molecule is C#Cc1ccc(-c2ccc(C)cc2)c(C(C)(F)F)c1.Cc1ccc(N(C2=CCCC=C2)c2ccccc2)cc1-c1cc(N(C2=CCCC=C2)c2ccccc2)ccc1C. The number of hydrogen-bond donors (Lipinski definition) is 0. The zero-order valence-corrected chi connectivity index (χ0v) is 34.3. The lowest BCUT2D eigenvalue weighted by Gasteiger charge is -2.29. The molecule has 59 heavy (non-hydrogen) atoms. The van der Waals surface area contributed by atoms with Crippen molar-refractivity contribution < 1.29 is 8.78 Å². The number of hydrogen-bond acceptors (Lipinski definition) is 2. The average molecular weight is 777 g/mol. The lowest BCUT2D eigenvalue weighted by molar-refractivity contribution is 0.0180. The van der Waals surface area contributed by atoms with Crippen LogP contribution in [0.15, 0.2) is 187 Å². The average Bonchev–Trinajstić information content (AvgIpc) is 3.26. The van der Waals surface area contributed by atoms with Gasteiger partial charge in [0.15, 0.2) is 0 Å². The van der Waals surface area contributed by atoms with Crippen LogP contribution in [0.25, 0.3) is 22.3 Å². The molecule has 0 saturated heterocycles. The number of allylic oxidation sites excluding steroid dienone is 6. The topological polar surface area (TPSA) is 6.48 Å². The Labute approximate surface area is 349 Å². The molecule has 2 aliphatic rings. The molecule has 6 aromatic rings. The minimum atomic E-state index is -2.92. The van der Waals surface area contributed by atoms with Crippen molar-refractivity contribution in [3.8, 4) is 34.6 Å². The van der Waals surface area contributed by atoms with Crippen LogP contribution in [0.1, 0.15) is 60.4 Å². The van der Waals surface area contributed by atoms with Gasteiger partial charge in [-0.25, -0.2) is 8.78 Å². The third-order valence-corrected chi connectivity index (χ3v) is 10.8. The Morgan fingerprint density at radius 3 is 1.44 bits per heavy atom. The minimum Gasteiger partial charge on any atom is -0.311 e. The fourth-order valence-corrected chi connectivity index (χ4v) is 7.64. The molecule has 0 spiro atoms. The first-order valence-corrected chi connectivity index (χ1v) is 20.3. The van der Waals surface area contributed by atoms with E-state index in [9.17, 15) is 8.78 Å². The second-order valence-electron chi connectivity index (χ2n) is 15.2. The fourth-order valence-electron chi connectivity index (χ4n) is 7.64. The van der Waals surface area contributed by atoms with E-state index in [0.29, 0.717) is 11.1 Å². The first-order valence-electron chi connectivity index (χ1n) is 20.3. The summed E-state index contributed by atoms with van der Waals surface area (Å²) in [6.45, 7) is 7.29. The van der Waals surface area contributed by atoms with E-state index < -0.39 is 5.92 Å². The van der Waals surface area contributed by atoms with Crippen molar-refractivity contribution in [2.45, 2.75) is 59.3 Å². The van der Waals surface area contributed by atoms with Crippen molar-refractivity contribution in [2.24, 2.45) is 0 Å². The van der Waals surface area contributed by atoms with Crippen LogP contribution in [0.3, 0.4) is 0 Å². The third kappa shape index (κ3) is 9.54. The fraction of sp³-hybridized carbons (Fsp3) is 0.164. The van der Waals surface area contributed by atoms with Gasteiger partial charge in [0.1, 0.15) is 0 Å². The summed E-state index contributed by atoms with van der Waals surface area (Å²) in [5.41, 5.74) is 15.0. The summed E-state index contributed by atoms with van der Waals surface area (Å²) in [5.74, 6) is -0.530.